The van der Waals surface area contributed by atoms with Crippen molar-refractivity contribution < 1.29 is 4.39 Å². The van der Waals surface area contributed by atoms with Crippen molar-refractivity contribution in [2.45, 2.75) is 19.9 Å². The van der Waals surface area contributed by atoms with Gasteiger partial charge in [0, 0.05) is 11.1 Å². The molecule has 0 saturated heterocycles. The van der Waals surface area contributed by atoms with Gasteiger partial charge in [0.1, 0.15) is 5.82 Å². The third-order valence-electron chi connectivity index (χ3n) is 2.14. The summed E-state index contributed by atoms with van der Waals surface area (Å²) in [6.07, 6.45) is 0. The van der Waals surface area contributed by atoms with Gasteiger partial charge in [0.15, 0.2) is 0 Å². The molecule has 78 valence electrons. The molecule has 0 fully saturated rings. The van der Waals surface area contributed by atoms with Crippen molar-refractivity contribution in [3.63, 3.8) is 0 Å². The fourth-order valence-corrected chi connectivity index (χ4v) is 1.68. The molecule has 0 aliphatic heterocycles. The lowest BCUT2D eigenvalue weighted by Crippen LogP contribution is -2.31. The maximum atomic E-state index is 12.8. The molecule has 0 saturated carbocycles. The number of hydrogen-bond acceptors (Lipinski definition) is 2. The van der Waals surface area contributed by atoms with Crippen LogP contribution in [0.3, 0.4) is 0 Å². The van der Waals surface area contributed by atoms with E-state index in [2.05, 4.69) is 5.43 Å². The maximum absolute atomic E-state index is 12.8. The minimum Gasteiger partial charge on any atom is -0.271 e. The lowest BCUT2D eigenvalue weighted by atomic mass is 9.97. The second-order valence-corrected chi connectivity index (χ2v) is 3.96. The van der Waals surface area contributed by atoms with Crippen LogP contribution < -0.4 is 11.3 Å². The Labute approximate surface area is 88.2 Å². The first-order valence-corrected chi connectivity index (χ1v) is 4.85. The Kier molecular flexibility index (Phi) is 3.86. The Morgan fingerprint density at radius 1 is 1.43 bits per heavy atom. The van der Waals surface area contributed by atoms with Gasteiger partial charge >= 0.3 is 0 Å². The van der Waals surface area contributed by atoms with Crippen LogP contribution in [-0.2, 0) is 0 Å². The molecule has 0 radical (unpaired) electrons. The van der Waals surface area contributed by atoms with Crippen molar-refractivity contribution in [1.82, 2.24) is 5.43 Å². The Morgan fingerprint density at radius 3 is 2.50 bits per heavy atom. The van der Waals surface area contributed by atoms with Crippen molar-refractivity contribution in [2.24, 2.45) is 11.8 Å². The molecule has 1 aromatic rings. The van der Waals surface area contributed by atoms with E-state index in [0.717, 1.165) is 5.56 Å². The van der Waals surface area contributed by atoms with Crippen LogP contribution in [0.1, 0.15) is 25.5 Å². The SMILES string of the molecule is CC(C)C(NN)c1ccc(F)cc1Cl. The van der Waals surface area contributed by atoms with Gasteiger partial charge in [-0.3, -0.25) is 11.3 Å². The van der Waals surface area contributed by atoms with E-state index in [4.69, 9.17) is 17.4 Å². The highest BCUT2D eigenvalue weighted by atomic mass is 35.5. The number of nitrogens with one attached hydrogen (secondary N) is 1. The maximum Gasteiger partial charge on any atom is 0.124 e. The summed E-state index contributed by atoms with van der Waals surface area (Å²) >= 11 is 5.91. The molecule has 0 amide bonds. The highest BCUT2D eigenvalue weighted by Gasteiger charge is 2.16. The van der Waals surface area contributed by atoms with Gasteiger partial charge < -0.3 is 0 Å². The lowest BCUT2D eigenvalue weighted by Gasteiger charge is -2.21. The molecule has 2 nitrogen and oxygen atoms in total. The molecule has 1 aromatic carbocycles. The van der Waals surface area contributed by atoms with Gasteiger partial charge in [-0.15, -0.1) is 0 Å². The molecule has 0 aromatic heterocycles. The van der Waals surface area contributed by atoms with E-state index in [9.17, 15) is 4.39 Å². The monoisotopic (exact) mass is 216 g/mol. The fourth-order valence-electron chi connectivity index (χ4n) is 1.40. The average Bonchev–Trinajstić information content (AvgIpc) is 2.09. The largest absolute Gasteiger partial charge is 0.271 e. The number of nitrogens with two attached hydrogens (primary N) is 1. The number of halogens is 2. The van der Waals surface area contributed by atoms with E-state index in [0.29, 0.717) is 10.9 Å². The molecule has 0 aliphatic rings. The minimum atomic E-state index is -0.335. The van der Waals surface area contributed by atoms with Gasteiger partial charge in [0.25, 0.3) is 0 Å². The molecule has 1 unspecified atom stereocenters. The van der Waals surface area contributed by atoms with Crippen LogP contribution in [-0.4, -0.2) is 0 Å². The molecule has 0 heterocycles. The summed E-state index contributed by atoms with van der Waals surface area (Å²) in [4.78, 5) is 0. The van der Waals surface area contributed by atoms with Gasteiger partial charge in [-0.05, 0) is 23.6 Å². The van der Waals surface area contributed by atoms with Crippen LogP contribution in [0.5, 0.6) is 0 Å². The summed E-state index contributed by atoms with van der Waals surface area (Å²) in [7, 11) is 0. The normalized spacial score (nSPS) is 13.3. The van der Waals surface area contributed by atoms with Crippen molar-refractivity contribution in [3.8, 4) is 0 Å². The molecule has 1 atom stereocenters. The van der Waals surface area contributed by atoms with Gasteiger partial charge in [-0.25, -0.2) is 4.39 Å². The molecule has 3 N–H and O–H groups in total. The number of hydrogen-bond donors (Lipinski definition) is 2. The van der Waals surface area contributed by atoms with Gasteiger partial charge in [0.2, 0.25) is 0 Å². The Morgan fingerprint density at radius 2 is 2.07 bits per heavy atom. The highest BCUT2D eigenvalue weighted by Crippen LogP contribution is 2.28. The Hall–Kier alpha value is -0.640. The molecular formula is C10H14ClFN2. The fraction of sp³-hybridized carbons (Fsp3) is 0.400. The first kappa shape index (κ1) is 11.4. The van der Waals surface area contributed by atoms with Crippen molar-refractivity contribution in [3.05, 3.63) is 34.6 Å². The minimum absolute atomic E-state index is 0.0527. The third kappa shape index (κ3) is 2.44. The van der Waals surface area contributed by atoms with Crippen molar-refractivity contribution in [2.75, 3.05) is 0 Å². The second-order valence-electron chi connectivity index (χ2n) is 3.55. The van der Waals surface area contributed by atoms with Crippen LogP contribution in [0.4, 0.5) is 4.39 Å². The van der Waals surface area contributed by atoms with Crippen LogP contribution in [0, 0.1) is 11.7 Å². The highest BCUT2D eigenvalue weighted by molar-refractivity contribution is 6.31. The topological polar surface area (TPSA) is 38.0 Å². The van der Waals surface area contributed by atoms with E-state index in [1.807, 2.05) is 13.8 Å². The van der Waals surface area contributed by atoms with Gasteiger partial charge in [0.05, 0.1) is 0 Å². The van der Waals surface area contributed by atoms with Gasteiger partial charge in [-0.1, -0.05) is 31.5 Å². The third-order valence-corrected chi connectivity index (χ3v) is 2.47. The van der Waals surface area contributed by atoms with E-state index in [-0.39, 0.29) is 11.9 Å². The number of hydrazine groups is 1. The van der Waals surface area contributed by atoms with Gasteiger partial charge in [-0.2, -0.15) is 0 Å². The smallest absolute Gasteiger partial charge is 0.124 e. The standard InChI is InChI=1S/C10H14ClFN2/c1-6(2)10(14-13)8-4-3-7(12)5-9(8)11/h3-6,10,14H,13H2,1-2H3. The second kappa shape index (κ2) is 4.73. The summed E-state index contributed by atoms with van der Waals surface area (Å²) in [5, 5.41) is 0.404. The molecule has 14 heavy (non-hydrogen) atoms. The lowest BCUT2D eigenvalue weighted by molar-refractivity contribution is 0.420. The number of benzene rings is 1. The van der Waals surface area contributed by atoms with Crippen molar-refractivity contribution in [1.29, 1.82) is 0 Å². The van der Waals surface area contributed by atoms with Crippen LogP contribution in [0.15, 0.2) is 18.2 Å². The summed E-state index contributed by atoms with van der Waals surface area (Å²) < 4.78 is 12.8. The summed E-state index contributed by atoms with van der Waals surface area (Å²) in [5.41, 5.74) is 3.50. The Bertz CT molecular complexity index is 315. The predicted molar refractivity (Wildman–Crippen MR) is 56.3 cm³/mol. The summed E-state index contributed by atoms with van der Waals surface area (Å²) in [6, 6.07) is 4.28. The van der Waals surface area contributed by atoms with E-state index < -0.39 is 0 Å². The molecule has 0 spiro atoms. The van der Waals surface area contributed by atoms with Crippen LogP contribution in [0.25, 0.3) is 0 Å². The number of rotatable bonds is 3. The Balaban J connectivity index is 3.04. The zero-order chi connectivity index (χ0) is 10.7. The molecular weight excluding hydrogens is 203 g/mol. The first-order valence-electron chi connectivity index (χ1n) is 4.47. The molecule has 4 heteroatoms. The summed E-state index contributed by atoms with van der Waals surface area (Å²) in [6.45, 7) is 4.04. The van der Waals surface area contributed by atoms with E-state index >= 15 is 0 Å². The average molecular weight is 217 g/mol. The predicted octanol–water partition coefficient (Wildman–Crippen LogP) is 2.64. The van der Waals surface area contributed by atoms with Crippen molar-refractivity contribution >= 4 is 11.6 Å². The zero-order valence-corrected chi connectivity index (χ0v) is 8.98. The van der Waals surface area contributed by atoms with Crippen LogP contribution >= 0.6 is 11.6 Å². The molecule has 0 bridgehead atoms. The molecule has 1 rings (SSSR count). The summed E-state index contributed by atoms with van der Waals surface area (Å²) in [5.74, 6) is 5.37. The zero-order valence-electron chi connectivity index (χ0n) is 8.22. The van der Waals surface area contributed by atoms with E-state index in [1.165, 1.54) is 12.1 Å². The van der Waals surface area contributed by atoms with Crippen LogP contribution in [0.2, 0.25) is 5.02 Å². The quantitative estimate of drug-likeness (QED) is 0.602. The molecule has 0 aliphatic carbocycles. The van der Waals surface area contributed by atoms with E-state index in [1.54, 1.807) is 6.07 Å². The first-order chi connectivity index (χ1) is 6.56.